The number of esters is 1. The molecule has 1 amide bonds. The predicted octanol–water partition coefficient (Wildman–Crippen LogP) is 2.69. The number of aryl methyl sites for hydroxylation is 1. The van der Waals surface area contributed by atoms with Crippen molar-refractivity contribution in [2.75, 3.05) is 7.11 Å². The van der Waals surface area contributed by atoms with E-state index in [0.717, 1.165) is 18.2 Å². The first kappa shape index (κ1) is 20.3. The van der Waals surface area contributed by atoms with E-state index in [1.54, 1.807) is 19.1 Å². The molecule has 2 aromatic carbocycles. The van der Waals surface area contributed by atoms with Crippen molar-refractivity contribution in [2.24, 2.45) is 0 Å². The molecule has 1 heterocycles. The Morgan fingerprint density at radius 2 is 1.69 bits per heavy atom. The fourth-order valence-electron chi connectivity index (χ4n) is 2.75. The number of hydrogen-bond donors (Lipinski definition) is 1. The Bertz CT molecular complexity index is 1140. The molecule has 9 heteroatoms. The molecule has 3 aromatic rings. The minimum absolute atomic E-state index is 0.116. The second-order valence-corrected chi connectivity index (χ2v) is 7.82. The van der Waals surface area contributed by atoms with Crippen LogP contribution in [-0.4, -0.2) is 32.6 Å². The predicted molar refractivity (Wildman–Crippen MR) is 104 cm³/mol. The fourth-order valence-corrected chi connectivity index (χ4v) is 3.74. The smallest absolute Gasteiger partial charge is 0.315 e. The van der Waals surface area contributed by atoms with Gasteiger partial charge in [0.2, 0.25) is 5.91 Å². The Hall–Kier alpha value is -3.46. The molecule has 1 aromatic heterocycles. The summed E-state index contributed by atoms with van der Waals surface area (Å²) in [6.45, 7) is 1.77. The number of methoxy groups -OCH3 is 1. The van der Waals surface area contributed by atoms with Crippen LogP contribution in [0.25, 0.3) is 22.4 Å². The van der Waals surface area contributed by atoms with Crippen LogP contribution in [0.5, 0.6) is 0 Å². The molecule has 8 nitrogen and oxygen atoms in total. The molecular weight excluding hydrogens is 396 g/mol. The summed E-state index contributed by atoms with van der Waals surface area (Å²) < 4.78 is 36.2. The summed E-state index contributed by atoms with van der Waals surface area (Å²) in [7, 11) is -3.01. The van der Waals surface area contributed by atoms with Crippen LogP contribution in [0.4, 0.5) is 0 Å². The van der Waals surface area contributed by atoms with Gasteiger partial charge in [0.1, 0.15) is 17.9 Å². The molecule has 1 N–H and O–H groups in total. The van der Waals surface area contributed by atoms with Crippen molar-refractivity contribution in [2.45, 2.75) is 18.2 Å². The molecule has 0 saturated heterocycles. The molecule has 0 bridgehead atoms. The maximum atomic E-state index is 12.4. The third-order valence-electron chi connectivity index (χ3n) is 4.14. The number of ether oxygens (including phenoxy) is 1. The summed E-state index contributed by atoms with van der Waals surface area (Å²) in [4.78, 5) is 22.7. The highest BCUT2D eigenvalue weighted by Gasteiger charge is 2.21. The SMILES string of the molecule is COC(=O)CC(=O)NS(=O)(=O)c1ccc(-c2c(-c3ccccc3)noc2C)cc1. The van der Waals surface area contributed by atoms with E-state index in [1.807, 2.05) is 35.1 Å². The Balaban J connectivity index is 1.87. The Morgan fingerprint density at radius 3 is 2.31 bits per heavy atom. The van der Waals surface area contributed by atoms with E-state index in [9.17, 15) is 18.0 Å². The monoisotopic (exact) mass is 414 g/mol. The minimum atomic E-state index is -4.12. The van der Waals surface area contributed by atoms with E-state index in [1.165, 1.54) is 12.1 Å². The number of nitrogens with zero attached hydrogens (tertiary/aromatic N) is 1. The average Bonchev–Trinajstić information content (AvgIpc) is 3.09. The number of rotatable bonds is 6. The lowest BCUT2D eigenvalue weighted by Crippen LogP contribution is -2.32. The van der Waals surface area contributed by atoms with Crippen LogP contribution in [0, 0.1) is 6.92 Å². The Morgan fingerprint density at radius 1 is 1.03 bits per heavy atom. The van der Waals surface area contributed by atoms with Gasteiger partial charge in [0.05, 0.1) is 17.6 Å². The minimum Gasteiger partial charge on any atom is -0.469 e. The summed E-state index contributed by atoms with van der Waals surface area (Å²) in [6, 6.07) is 15.4. The zero-order chi connectivity index (χ0) is 21.0. The average molecular weight is 414 g/mol. The molecule has 150 valence electrons. The van der Waals surface area contributed by atoms with Crippen molar-refractivity contribution < 1.29 is 27.3 Å². The van der Waals surface area contributed by atoms with Gasteiger partial charge >= 0.3 is 5.97 Å². The van der Waals surface area contributed by atoms with Gasteiger partial charge in [0.25, 0.3) is 10.0 Å². The van der Waals surface area contributed by atoms with E-state index in [4.69, 9.17) is 4.52 Å². The molecule has 0 aliphatic rings. The largest absolute Gasteiger partial charge is 0.469 e. The molecule has 0 saturated carbocycles. The fraction of sp³-hybridized carbons (Fsp3) is 0.150. The lowest BCUT2D eigenvalue weighted by molar-refractivity contribution is -0.143. The quantitative estimate of drug-likeness (QED) is 0.487. The van der Waals surface area contributed by atoms with E-state index < -0.39 is 28.3 Å². The molecule has 0 spiro atoms. The van der Waals surface area contributed by atoms with Gasteiger partial charge in [-0.15, -0.1) is 0 Å². The third kappa shape index (κ3) is 4.52. The van der Waals surface area contributed by atoms with E-state index >= 15 is 0 Å². The van der Waals surface area contributed by atoms with Crippen molar-refractivity contribution in [3.63, 3.8) is 0 Å². The highest BCUT2D eigenvalue weighted by atomic mass is 32.2. The second-order valence-electron chi connectivity index (χ2n) is 6.13. The molecule has 0 atom stereocenters. The molecule has 0 aliphatic carbocycles. The number of aromatic nitrogens is 1. The van der Waals surface area contributed by atoms with Crippen LogP contribution in [0.2, 0.25) is 0 Å². The number of carbonyl (C=O) groups is 2. The van der Waals surface area contributed by atoms with Crippen molar-refractivity contribution in [1.82, 2.24) is 9.88 Å². The maximum Gasteiger partial charge on any atom is 0.315 e. The first-order valence-electron chi connectivity index (χ1n) is 8.56. The lowest BCUT2D eigenvalue weighted by atomic mass is 10.00. The van der Waals surface area contributed by atoms with Crippen LogP contribution in [0.3, 0.4) is 0 Å². The third-order valence-corrected chi connectivity index (χ3v) is 5.53. The van der Waals surface area contributed by atoms with Crippen molar-refractivity contribution in [3.8, 4) is 22.4 Å². The van der Waals surface area contributed by atoms with E-state index in [0.29, 0.717) is 17.0 Å². The molecule has 0 aliphatic heterocycles. The molecular formula is C20H18N2O6S. The normalized spacial score (nSPS) is 11.1. The molecule has 29 heavy (non-hydrogen) atoms. The summed E-state index contributed by atoms with van der Waals surface area (Å²) >= 11 is 0. The van der Waals surface area contributed by atoms with Crippen LogP contribution in [-0.2, 0) is 24.3 Å². The van der Waals surface area contributed by atoms with Crippen LogP contribution >= 0.6 is 0 Å². The number of hydrogen-bond acceptors (Lipinski definition) is 7. The van der Waals surface area contributed by atoms with Crippen molar-refractivity contribution >= 4 is 21.9 Å². The maximum absolute atomic E-state index is 12.4. The zero-order valence-corrected chi connectivity index (χ0v) is 16.5. The number of carbonyl (C=O) groups excluding carboxylic acids is 2. The molecule has 0 radical (unpaired) electrons. The van der Waals surface area contributed by atoms with Crippen LogP contribution in [0.15, 0.2) is 64.0 Å². The van der Waals surface area contributed by atoms with E-state index in [-0.39, 0.29) is 4.90 Å². The Kier molecular flexibility index (Phi) is 5.79. The molecule has 0 unspecified atom stereocenters. The van der Waals surface area contributed by atoms with Gasteiger partial charge < -0.3 is 9.26 Å². The van der Waals surface area contributed by atoms with Gasteiger partial charge in [-0.05, 0) is 24.6 Å². The van der Waals surface area contributed by atoms with Gasteiger partial charge in [-0.2, -0.15) is 0 Å². The standard InChI is InChI=1S/C20H18N2O6S/c1-13-19(20(21-28-13)15-6-4-3-5-7-15)14-8-10-16(11-9-14)29(25,26)22-17(23)12-18(24)27-2/h3-11H,12H2,1-2H3,(H,22,23). The van der Waals surface area contributed by atoms with E-state index in [2.05, 4.69) is 9.89 Å². The lowest BCUT2D eigenvalue weighted by Gasteiger charge is -2.08. The number of sulfonamides is 1. The number of benzene rings is 2. The van der Waals surface area contributed by atoms with Crippen molar-refractivity contribution in [3.05, 3.63) is 60.4 Å². The van der Waals surface area contributed by atoms with Crippen molar-refractivity contribution in [1.29, 1.82) is 0 Å². The molecule has 3 rings (SSSR count). The highest BCUT2D eigenvalue weighted by Crippen LogP contribution is 2.34. The van der Waals surface area contributed by atoms with Gasteiger partial charge in [-0.3, -0.25) is 9.59 Å². The summed E-state index contributed by atoms with van der Waals surface area (Å²) in [5.41, 5.74) is 2.97. The van der Waals surface area contributed by atoms with Gasteiger partial charge in [0, 0.05) is 5.56 Å². The van der Waals surface area contributed by atoms with Crippen LogP contribution in [0.1, 0.15) is 12.2 Å². The van der Waals surface area contributed by atoms with Crippen LogP contribution < -0.4 is 4.72 Å². The zero-order valence-electron chi connectivity index (χ0n) is 15.7. The second kappa shape index (κ2) is 8.27. The number of amides is 1. The highest BCUT2D eigenvalue weighted by molar-refractivity contribution is 7.90. The summed E-state index contributed by atoms with van der Waals surface area (Å²) in [6.07, 6.45) is -0.686. The summed E-state index contributed by atoms with van der Waals surface area (Å²) in [5.74, 6) is -1.21. The first-order chi connectivity index (χ1) is 13.8. The summed E-state index contributed by atoms with van der Waals surface area (Å²) in [5, 5.41) is 4.11. The van der Waals surface area contributed by atoms with Gasteiger partial charge in [0.15, 0.2) is 0 Å². The van der Waals surface area contributed by atoms with Gasteiger partial charge in [-0.25, -0.2) is 13.1 Å². The number of nitrogens with one attached hydrogen (secondary N) is 1. The first-order valence-corrected chi connectivity index (χ1v) is 10.0. The van der Waals surface area contributed by atoms with Gasteiger partial charge in [-0.1, -0.05) is 47.6 Å². The molecule has 0 fully saturated rings. The topological polar surface area (TPSA) is 116 Å². The Labute approximate surface area is 167 Å².